The number of benzene rings is 4. The van der Waals surface area contributed by atoms with Gasteiger partial charge in [0.25, 0.3) is 11.8 Å². The minimum Gasteiger partial charge on any atom is -0.496 e. The molecule has 4 aromatic carbocycles. The van der Waals surface area contributed by atoms with Crippen LogP contribution in [0.4, 0.5) is 5.13 Å². The number of carboxylic acids is 1. The fraction of sp³-hybridized carbons (Fsp3) is 0.182. The molecule has 13 nitrogen and oxygen atoms in total. The Kier molecular flexibility index (Phi) is 11.0. The number of hydrogen-bond donors (Lipinski definition) is 3. The molecule has 298 valence electrons. The molecule has 4 N–H and O–H groups in total. The number of allylic oxidation sites excluding steroid dienone is 1. The highest BCUT2D eigenvalue weighted by atomic mass is 32.2. The van der Waals surface area contributed by atoms with Gasteiger partial charge in [-0.25, -0.2) is 9.78 Å². The molecule has 0 bridgehead atoms. The highest BCUT2D eigenvalue weighted by Gasteiger charge is 2.54. The second-order valence-electron chi connectivity index (χ2n) is 13.9. The molecular formula is C44H38N6O7S2. The number of carbonyl (C=O) groups is 4. The summed E-state index contributed by atoms with van der Waals surface area (Å²) < 4.78 is 5.45. The minimum absolute atomic E-state index is 0.133. The summed E-state index contributed by atoms with van der Waals surface area (Å²) in [6.45, 7) is 0.787. The molecule has 2 atom stereocenters. The van der Waals surface area contributed by atoms with E-state index < -0.39 is 34.8 Å². The van der Waals surface area contributed by atoms with Crippen LogP contribution in [-0.2, 0) is 36.2 Å². The van der Waals surface area contributed by atoms with Crippen molar-refractivity contribution in [1.82, 2.24) is 20.1 Å². The molecule has 3 aliphatic rings. The number of hydrogen-bond acceptors (Lipinski definition) is 11. The van der Waals surface area contributed by atoms with E-state index in [0.29, 0.717) is 36.4 Å². The third-order valence-electron chi connectivity index (χ3n) is 10.4. The molecule has 0 radical (unpaired) electrons. The predicted molar refractivity (Wildman–Crippen MR) is 224 cm³/mol. The number of ether oxygens (including phenoxy) is 1. The largest absolute Gasteiger partial charge is 0.496 e. The number of rotatable bonds is 13. The van der Waals surface area contributed by atoms with E-state index in [9.17, 15) is 24.3 Å². The molecule has 1 aromatic heterocycles. The number of anilines is 1. The topological polar surface area (TPSA) is 177 Å². The van der Waals surface area contributed by atoms with Crippen LogP contribution >= 0.6 is 23.1 Å². The van der Waals surface area contributed by atoms with E-state index in [0.717, 1.165) is 33.6 Å². The molecule has 0 aliphatic carbocycles. The molecule has 2 saturated heterocycles. The highest BCUT2D eigenvalue weighted by molar-refractivity contribution is 8.00. The van der Waals surface area contributed by atoms with Crippen molar-refractivity contribution in [2.45, 2.75) is 30.0 Å². The lowest BCUT2D eigenvalue weighted by Crippen LogP contribution is -2.71. The second kappa shape index (κ2) is 16.6. The molecular weight excluding hydrogens is 789 g/mol. The van der Waals surface area contributed by atoms with E-state index in [-0.39, 0.29) is 33.9 Å². The van der Waals surface area contributed by atoms with E-state index in [1.54, 1.807) is 23.5 Å². The van der Waals surface area contributed by atoms with Crippen molar-refractivity contribution in [2.75, 3.05) is 25.1 Å². The quantitative estimate of drug-likeness (QED) is 0.0449. The molecule has 15 heteroatoms. The van der Waals surface area contributed by atoms with Crippen LogP contribution in [0.25, 0.3) is 0 Å². The first-order chi connectivity index (χ1) is 28.7. The standard InChI is InChI=1S/C44H38N6O7S2/c1-56-34-20-12-11-13-28(34)24-49-22-21-27(39(49)52)23-29-25-58-41-36(40(53)50(41)37(29)42(54)55)47-38(51)35(33-26-59-43(45)46-33)48-57-44(30-14-5-2-6-15-30,31-16-7-3-8-17-31)32-18-9-4-10-19-32/h2-20,23,26,36,41H,21-22,24-25H2,1H3,(H2,45,46)(H,47,51)(H,54,55)/t36-,41-/m1/s1. The smallest absolute Gasteiger partial charge is 0.352 e. The summed E-state index contributed by atoms with van der Waals surface area (Å²) in [5.41, 5.74) is 8.24. The number of aliphatic carboxylic acids is 1. The number of thiazole rings is 1. The van der Waals surface area contributed by atoms with Crippen molar-refractivity contribution in [1.29, 1.82) is 0 Å². The monoisotopic (exact) mass is 826 g/mol. The van der Waals surface area contributed by atoms with E-state index in [1.165, 1.54) is 16.7 Å². The minimum atomic E-state index is -1.32. The fourth-order valence-corrected chi connectivity index (χ4v) is 9.41. The number of carbonyl (C=O) groups excluding carboxylic acids is 3. The van der Waals surface area contributed by atoms with Crippen molar-refractivity contribution in [3.8, 4) is 5.75 Å². The number of carboxylic acid groups (broad SMARTS) is 1. The zero-order chi connectivity index (χ0) is 41.1. The highest BCUT2D eigenvalue weighted by Crippen LogP contribution is 2.43. The van der Waals surface area contributed by atoms with Gasteiger partial charge in [0.15, 0.2) is 10.8 Å². The maximum absolute atomic E-state index is 14.3. The van der Waals surface area contributed by atoms with Crippen LogP contribution in [0.3, 0.4) is 0 Å². The number of β-lactam (4-membered cyclic amide) rings is 1. The first-order valence-corrected chi connectivity index (χ1v) is 20.6. The van der Waals surface area contributed by atoms with E-state index in [4.69, 9.17) is 15.3 Å². The van der Waals surface area contributed by atoms with Gasteiger partial charge in [0.2, 0.25) is 11.5 Å². The Morgan fingerprint density at radius 1 is 0.949 bits per heavy atom. The van der Waals surface area contributed by atoms with Gasteiger partial charge in [-0.1, -0.05) is 114 Å². The Morgan fingerprint density at radius 2 is 1.56 bits per heavy atom. The number of aromatic nitrogens is 1. The number of nitrogens with two attached hydrogens (primary N) is 1. The second-order valence-corrected chi connectivity index (χ2v) is 15.9. The van der Waals surface area contributed by atoms with E-state index in [1.807, 2.05) is 115 Å². The average molecular weight is 827 g/mol. The number of fused-ring (bicyclic) bond motifs is 1. The first kappa shape index (κ1) is 39.1. The number of amides is 3. The average Bonchev–Trinajstić information content (AvgIpc) is 3.85. The van der Waals surface area contributed by atoms with E-state index >= 15 is 0 Å². The van der Waals surface area contributed by atoms with Gasteiger partial charge in [-0.05, 0) is 24.1 Å². The molecule has 0 unspecified atom stereocenters. The van der Waals surface area contributed by atoms with Gasteiger partial charge in [-0.2, -0.15) is 0 Å². The third kappa shape index (κ3) is 7.45. The van der Waals surface area contributed by atoms with Crippen LogP contribution in [0.1, 0.15) is 34.4 Å². The lowest BCUT2D eigenvalue weighted by atomic mass is 9.80. The molecule has 3 amide bonds. The molecule has 2 fully saturated rings. The molecule has 59 heavy (non-hydrogen) atoms. The fourth-order valence-electron chi connectivity index (χ4n) is 7.56. The summed E-state index contributed by atoms with van der Waals surface area (Å²) >= 11 is 2.40. The SMILES string of the molecule is COc1ccccc1CN1CCC(=CC2=C(C(=O)O)N3C(=O)[C@@H](NC(=O)C(=NOC(c4ccccc4)(c4ccccc4)c4ccccc4)c4csc(N)n4)[C@H]3SC2)C1=O. The maximum atomic E-state index is 14.3. The van der Waals surface area contributed by atoms with Gasteiger partial charge in [0, 0.05) is 52.0 Å². The van der Waals surface area contributed by atoms with Crippen molar-refractivity contribution in [3.05, 3.63) is 172 Å². The number of likely N-dealkylation sites (tertiary alicyclic amines) is 1. The number of methoxy groups -OCH3 is 1. The van der Waals surface area contributed by atoms with Gasteiger partial charge in [0.05, 0.1) is 7.11 Å². The van der Waals surface area contributed by atoms with E-state index in [2.05, 4.69) is 15.5 Å². The molecule has 0 spiro atoms. The van der Waals surface area contributed by atoms with Gasteiger partial charge < -0.3 is 30.6 Å². The summed E-state index contributed by atoms with van der Waals surface area (Å²) in [5.74, 6) is -2.06. The number of nitrogen functional groups attached to an aromatic ring is 1. The van der Waals surface area contributed by atoms with Crippen LogP contribution < -0.4 is 15.8 Å². The Bertz CT molecular complexity index is 2410. The summed E-state index contributed by atoms with van der Waals surface area (Å²) in [7, 11) is 1.57. The predicted octanol–water partition coefficient (Wildman–Crippen LogP) is 5.54. The Morgan fingerprint density at radius 3 is 2.14 bits per heavy atom. The molecule has 4 heterocycles. The third-order valence-corrected chi connectivity index (χ3v) is 12.4. The van der Waals surface area contributed by atoms with Gasteiger partial charge in [-0.15, -0.1) is 23.1 Å². The summed E-state index contributed by atoms with van der Waals surface area (Å²) in [6, 6.07) is 34.8. The molecule has 3 aliphatic heterocycles. The normalized spacial score (nSPS) is 18.7. The van der Waals surface area contributed by atoms with Crippen molar-refractivity contribution >= 4 is 57.6 Å². The summed E-state index contributed by atoms with van der Waals surface area (Å²) in [5, 5.41) is 18.7. The molecule has 5 aromatic rings. The van der Waals surface area contributed by atoms with Crippen LogP contribution in [0.5, 0.6) is 5.75 Å². The van der Waals surface area contributed by atoms with Crippen LogP contribution in [0, 0.1) is 0 Å². The summed E-state index contributed by atoms with van der Waals surface area (Å²) in [4.78, 5) is 68.1. The number of para-hydroxylation sites is 1. The van der Waals surface area contributed by atoms with Gasteiger partial charge in [-0.3, -0.25) is 19.3 Å². The van der Waals surface area contributed by atoms with Crippen molar-refractivity contribution < 1.29 is 33.9 Å². The Balaban J connectivity index is 1.07. The van der Waals surface area contributed by atoms with Crippen LogP contribution in [0.2, 0.25) is 0 Å². The van der Waals surface area contributed by atoms with Crippen molar-refractivity contribution in [3.63, 3.8) is 0 Å². The lowest BCUT2D eigenvalue weighted by Gasteiger charge is -2.49. The zero-order valence-corrected chi connectivity index (χ0v) is 33.3. The number of oxime groups is 1. The Hall–Kier alpha value is -6.71. The Labute approximate surface area is 347 Å². The maximum Gasteiger partial charge on any atom is 0.352 e. The van der Waals surface area contributed by atoms with Gasteiger partial charge in [0.1, 0.15) is 28.6 Å². The number of nitrogens with one attached hydrogen (secondary N) is 1. The first-order valence-electron chi connectivity index (χ1n) is 18.7. The van der Waals surface area contributed by atoms with Crippen molar-refractivity contribution in [2.24, 2.45) is 5.16 Å². The molecule has 0 saturated carbocycles. The number of thioether (sulfide) groups is 1. The number of nitrogens with zero attached hydrogens (tertiary/aromatic N) is 4. The van der Waals surface area contributed by atoms with Crippen LogP contribution in [-0.4, -0.2) is 80.1 Å². The zero-order valence-electron chi connectivity index (χ0n) is 31.7. The molecule has 8 rings (SSSR count). The van der Waals surface area contributed by atoms with Gasteiger partial charge >= 0.3 is 5.97 Å². The summed E-state index contributed by atoms with van der Waals surface area (Å²) in [6.07, 6.45) is 2.00. The van der Waals surface area contributed by atoms with Crippen LogP contribution in [0.15, 0.2) is 149 Å². The lowest BCUT2D eigenvalue weighted by molar-refractivity contribution is -0.150.